The molecule has 0 saturated carbocycles. The first-order valence-corrected chi connectivity index (χ1v) is 8.26. The minimum Gasteiger partial charge on any atom is -0.310 e. The van der Waals surface area contributed by atoms with Crippen molar-refractivity contribution < 1.29 is 0 Å². The van der Waals surface area contributed by atoms with Crippen LogP contribution in [-0.4, -0.2) is 6.54 Å². The third-order valence-electron chi connectivity index (χ3n) is 4.10. The van der Waals surface area contributed by atoms with Crippen LogP contribution in [0.2, 0.25) is 10.0 Å². The van der Waals surface area contributed by atoms with Gasteiger partial charge < -0.3 is 5.32 Å². The second kappa shape index (κ2) is 6.39. The third kappa shape index (κ3) is 3.11. The van der Waals surface area contributed by atoms with Crippen molar-refractivity contribution in [2.75, 3.05) is 6.54 Å². The van der Waals surface area contributed by atoms with Crippen molar-refractivity contribution in [2.45, 2.75) is 32.2 Å². The highest BCUT2D eigenvalue weighted by Crippen LogP contribution is 2.36. The lowest BCUT2D eigenvalue weighted by Crippen LogP contribution is -2.19. The molecule has 1 nitrogen and oxygen atoms in total. The van der Waals surface area contributed by atoms with Crippen LogP contribution in [0.15, 0.2) is 36.4 Å². The summed E-state index contributed by atoms with van der Waals surface area (Å²) in [4.78, 5) is 0. The van der Waals surface area contributed by atoms with E-state index in [9.17, 15) is 0 Å². The van der Waals surface area contributed by atoms with E-state index in [1.54, 1.807) is 0 Å². The summed E-state index contributed by atoms with van der Waals surface area (Å²) in [6.07, 6.45) is 3.48. The summed E-state index contributed by atoms with van der Waals surface area (Å²) in [5, 5.41) is 5.09. The summed E-state index contributed by atoms with van der Waals surface area (Å²) < 4.78 is 0. The zero-order valence-electron chi connectivity index (χ0n) is 12.1. The van der Waals surface area contributed by atoms with Gasteiger partial charge in [-0.15, -0.1) is 0 Å². The molecule has 1 aliphatic carbocycles. The quantitative estimate of drug-likeness (QED) is 0.768. The molecule has 0 radical (unpaired) electrons. The fourth-order valence-corrected chi connectivity index (χ4v) is 3.43. The van der Waals surface area contributed by atoms with Gasteiger partial charge in [0, 0.05) is 21.7 Å². The van der Waals surface area contributed by atoms with E-state index < -0.39 is 0 Å². The van der Waals surface area contributed by atoms with Crippen LogP contribution in [0.1, 0.15) is 36.9 Å². The summed E-state index contributed by atoms with van der Waals surface area (Å²) >= 11 is 12.4. The third-order valence-corrected chi connectivity index (χ3v) is 4.67. The van der Waals surface area contributed by atoms with E-state index in [2.05, 4.69) is 30.4 Å². The molecule has 1 unspecified atom stereocenters. The first kappa shape index (κ1) is 14.9. The Kier molecular flexibility index (Phi) is 4.54. The van der Waals surface area contributed by atoms with Gasteiger partial charge in [-0.3, -0.25) is 0 Å². The van der Waals surface area contributed by atoms with Gasteiger partial charge in [-0.2, -0.15) is 0 Å². The van der Waals surface area contributed by atoms with Gasteiger partial charge in [0.05, 0.1) is 0 Å². The number of hydrogen-bond acceptors (Lipinski definition) is 1. The zero-order valence-corrected chi connectivity index (χ0v) is 13.6. The molecule has 3 heteroatoms. The fraction of sp³-hybridized carbons (Fsp3) is 0.333. The molecular formula is C18H19Cl2N. The summed E-state index contributed by atoms with van der Waals surface area (Å²) in [7, 11) is 0. The standard InChI is InChI=1S/C18H19Cl2N/c1-2-9-21-18-8-4-12-10-13(3-6-15(12)18)16-11-14(19)5-7-17(16)20/h3,5-7,10-11,18,21H,2,4,8-9H2,1H3. The highest BCUT2D eigenvalue weighted by atomic mass is 35.5. The molecule has 21 heavy (non-hydrogen) atoms. The maximum absolute atomic E-state index is 6.31. The predicted octanol–water partition coefficient (Wildman–Crippen LogP) is 5.65. The summed E-state index contributed by atoms with van der Waals surface area (Å²) in [5.74, 6) is 0. The Balaban J connectivity index is 1.92. The van der Waals surface area contributed by atoms with Crippen molar-refractivity contribution in [2.24, 2.45) is 0 Å². The Morgan fingerprint density at radius 3 is 2.81 bits per heavy atom. The number of nitrogens with one attached hydrogen (secondary N) is 1. The lowest BCUT2D eigenvalue weighted by Gasteiger charge is -2.14. The molecule has 0 heterocycles. The number of benzene rings is 2. The highest BCUT2D eigenvalue weighted by molar-refractivity contribution is 6.35. The molecule has 110 valence electrons. The Hall–Kier alpha value is -1.02. The molecule has 0 amide bonds. The van der Waals surface area contributed by atoms with E-state index in [-0.39, 0.29) is 0 Å². The molecule has 0 spiro atoms. The molecule has 0 bridgehead atoms. The maximum Gasteiger partial charge on any atom is 0.0485 e. The van der Waals surface area contributed by atoms with Crippen molar-refractivity contribution >= 4 is 23.2 Å². The lowest BCUT2D eigenvalue weighted by molar-refractivity contribution is 0.529. The highest BCUT2D eigenvalue weighted by Gasteiger charge is 2.22. The molecular weight excluding hydrogens is 301 g/mol. The van der Waals surface area contributed by atoms with Gasteiger partial charge in [0.2, 0.25) is 0 Å². The molecule has 1 N–H and O–H groups in total. The van der Waals surface area contributed by atoms with Gasteiger partial charge in [0.1, 0.15) is 0 Å². The van der Waals surface area contributed by atoms with Gasteiger partial charge in [0.25, 0.3) is 0 Å². The molecule has 0 aliphatic heterocycles. The number of rotatable bonds is 4. The number of hydrogen-bond donors (Lipinski definition) is 1. The van der Waals surface area contributed by atoms with Gasteiger partial charge in [-0.25, -0.2) is 0 Å². The SMILES string of the molecule is CCCNC1CCc2cc(-c3cc(Cl)ccc3Cl)ccc21. The van der Waals surface area contributed by atoms with E-state index in [0.717, 1.165) is 34.1 Å². The molecule has 0 fully saturated rings. The number of halogens is 2. The summed E-state index contributed by atoms with van der Waals surface area (Å²) in [6, 6.07) is 12.8. The van der Waals surface area contributed by atoms with Gasteiger partial charge in [-0.05, 0) is 60.7 Å². The van der Waals surface area contributed by atoms with Crippen molar-refractivity contribution in [3.63, 3.8) is 0 Å². The van der Waals surface area contributed by atoms with Crippen molar-refractivity contribution in [1.29, 1.82) is 0 Å². The van der Waals surface area contributed by atoms with E-state index in [4.69, 9.17) is 23.2 Å². The zero-order chi connectivity index (χ0) is 14.8. The van der Waals surface area contributed by atoms with Crippen LogP contribution < -0.4 is 5.32 Å². The van der Waals surface area contributed by atoms with Crippen LogP contribution in [0.3, 0.4) is 0 Å². The summed E-state index contributed by atoms with van der Waals surface area (Å²) in [5.41, 5.74) is 5.02. The van der Waals surface area contributed by atoms with Crippen molar-refractivity contribution in [1.82, 2.24) is 5.32 Å². The molecule has 0 saturated heterocycles. The minimum atomic E-state index is 0.504. The molecule has 2 aromatic rings. The largest absolute Gasteiger partial charge is 0.310 e. The Morgan fingerprint density at radius 1 is 1.14 bits per heavy atom. The fourth-order valence-electron chi connectivity index (χ4n) is 3.03. The molecule has 1 atom stereocenters. The van der Waals surface area contributed by atoms with E-state index in [1.807, 2.05) is 18.2 Å². The first-order chi connectivity index (χ1) is 10.2. The second-order valence-electron chi connectivity index (χ2n) is 5.58. The average Bonchev–Trinajstić information content (AvgIpc) is 2.90. The van der Waals surface area contributed by atoms with Crippen LogP contribution in [0.4, 0.5) is 0 Å². The van der Waals surface area contributed by atoms with Crippen LogP contribution in [0, 0.1) is 0 Å². The van der Waals surface area contributed by atoms with Gasteiger partial charge in [0.15, 0.2) is 0 Å². The monoisotopic (exact) mass is 319 g/mol. The van der Waals surface area contributed by atoms with Crippen LogP contribution in [-0.2, 0) is 6.42 Å². The Bertz CT molecular complexity index is 652. The van der Waals surface area contributed by atoms with Crippen LogP contribution in [0.25, 0.3) is 11.1 Å². The number of aryl methyl sites for hydroxylation is 1. The Labute approximate surface area is 136 Å². The summed E-state index contributed by atoms with van der Waals surface area (Å²) in [6.45, 7) is 3.28. The predicted molar refractivity (Wildman–Crippen MR) is 91.3 cm³/mol. The molecule has 3 rings (SSSR count). The van der Waals surface area contributed by atoms with Crippen molar-refractivity contribution in [3.8, 4) is 11.1 Å². The molecule has 1 aliphatic rings. The molecule has 2 aromatic carbocycles. The average molecular weight is 320 g/mol. The number of fused-ring (bicyclic) bond motifs is 1. The molecule has 0 aromatic heterocycles. The van der Waals surface area contributed by atoms with Gasteiger partial charge in [-0.1, -0.05) is 48.3 Å². The second-order valence-corrected chi connectivity index (χ2v) is 6.43. The van der Waals surface area contributed by atoms with Crippen LogP contribution in [0.5, 0.6) is 0 Å². The van der Waals surface area contributed by atoms with Crippen molar-refractivity contribution in [3.05, 3.63) is 57.6 Å². The Morgan fingerprint density at radius 2 is 2.00 bits per heavy atom. The maximum atomic E-state index is 6.31. The lowest BCUT2D eigenvalue weighted by atomic mass is 9.99. The van der Waals surface area contributed by atoms with E-state index in [1.165, 1.54) is 24.0 Å². The van der Waals surface area contributed by atoms with Crippen LogP contribution >= 0.6 is 23.2 Å². The normalized spacial score (nSPS) is 17.0. The van der Waals surface area contributed by atoms with E-state index in [0.29, 0.717) is 6.04 Å². The first-order valence-electron chi connectivity index (χ1n) is 7.50. The topological polar surface area (TPSA) is 12.0 Å². The smallest absolute Gasteiger partial charge is 0.0485 e. The van der Waals surface area contributed by atoms with E-state index >= 15 is 0 Å². The van der Waals surface area contributed by atoms with Gasteiger partial charge >= 0.3 is 0 Å². The minimum absolute atomic E-state index is 0.504.